The van der Waals surface area contributed by atoms with E-state index in [1.54, 1.807) is 9.80 Å². The standard InChI is InChI=1S/2C19H21F3N4O4.Mg/c2*1-8-6-25(5-4-24-8)15-12(20)13(23)11-14(17(15)30-19(21)22)26(9-2-3-9)7-10(16(11)27)18(28)29;/h2*7-9,19,24H,2-6,23H2,1H3,(H,28,29);/q;;+2/p-2. The zero-order valence-corrected chi connectivity index (χ0v) is 34.3. The summed E-state index contributed by atoms with van der Waals surface area (Å²) in [4.78, 5) is 51.5. The molecule has 2 aliphatic carbocycles. The molecule has 2 saturated heterocycles. The maximum Gasteiger partial charge on any atom is 2.00 e. The molecular formula is C38H40F6MgN8O8. The van der Waals surface area contributed by atoms with Gasteiger partial charge in [0.05, 0.1) is 56.2 Å². The molecule has 4 aromatic rings. The molecule has 2 aliphatic heterocycles. The van der Waals surface area contributed by atoms with E-state index in [9.17, 15) is 47.0 Å². The maximum absolute atomic E-state index is 15.4. The van der Waals surface area contributed by atoms with E-state index >= 15 is 8.78 Å². The van der Waals surface area contributed by atoms with Gasteiger partial charge in [0.25, 0.3) is 0 Å². The van der Waals surface area contributed by atoms with Crippen LogP contribution in [0.25, 0.3) is 21.8 Å². The van der Waals surface area contributed by atoms with E-state index in [0.717, 1.165) is 12.4 Å². The number of hydrogen-bond donors (Lipinski definition) is 4. The molecule has 4 heterocycles. The zero-order valence-electron chi connectivity index (χ0n) is 32.9. The van der Waals surface area contributed by atoms with Crippen molar-refractivity contribution in [1.29, 1.82) is 0 Å². The molecule has 6 N–H and O–H groups in total. The van der Waals surface area contributed by atoms with Crippen LogP contribution in [-0.4, -0.2) is 109 Å². The molecule has 2 aromatic heterocycles. The van der Waals surface area contributed by atoms with Gasteiger partial charge >= 0.3 is 36.3 Å². The van der Waals surface area contributed by atoms with Crippen LogP contribution in [0.4, 0.5) is 49.1 Å². The first-order chi connectivity index (χ1) is 28.4. The normalized spacial score (nSPS) is 19.2. The second kappa shape index (κ2) is 17.7. The third-order valence-corrected chi connectivity index (χ3v) is 10.9. The van der Waals surface area contributed by atoms with Crippen LogP contribution < -0.4 is 62.4 Å². The molecule has 0 spiro atoms. The molecule has 4 aliphatic rings. The molecule has 2 atom stereocenters. The van der Waals surface area contributed by atoms with Crippen LogP contribution >= 0.6 is 0 Å². The van der Waals surface area contributed by atoms with E-state index < -0.39 is 92.4 Å². The minimum Gasteiger partial charge on any atom is -0.545 e. The van der Waals surface area contributed by atoms with Crippen LogP contribution in [0, 0.1) is 11.6 Å². The van der Waals surface area contributed by atoms with Crippen molar-refractivity contribution in [3.05, 3.63) is 55.6 Å². The zero-order chi connectivity index (χ0) is 43.5. The Labute approximate surface area is 358 Å². The molecule has 324 valence electrons. The fourth-order valence-electron chi connectivity index (χ4n) is 7.94. The number of benzene rings is 2. The predicted molar refractivity (Wildman–Crippen MR) is 209 cm³/mol. The van der Waals surface area contributed by atoms with Gasteiger partial charge in [-0.15, -0.1) is 0 Å². The van der Waals surface area contributed by atoms with E-state index in [1.165, 1.54) is 9.13 Å². The first kappa shape index (κ1) is 45.4. The Morgan fingerprint density at radius 1 is 0.705 bits per heavy atom. The number of piperazine rings is 2. The van der Waals surface area contributed by atoms with E-state index in [2.05, 4.69) is 10.6 Å². The number of aromatic nitrogens is 2. The minimum atomic E-state index is -3.29. The summed E-state index contributed by atoms with van der Waals surface area (Å²) in [6.45, 7) is -0.718. The Balaban J connectivity index is 0.000000201. The molecule has 16 nitrogen and oxygen atoms in total. The molecule has 2 unspecified atom stereocenters. The molecule has 2 aromatic carbocycles. The molecule has 4 fully saturated rings. The summed E-state index contributed by atoms with van der Waals surface area (Å²) in [5, 5.41) is 28.2. The van der Waals surface area contributed by atoms with Crippen molar-refractivity contribution in [3.8, 4) is 11.5 Å². The molecular weight excluding hydrogens is 835 g/mol. The monoisotopic (exact) mass is 874 g/mol. The summed E-state index contributed by atoms with van der Waals surface area (Å²) in [7, 11) is 0. The maximum atomic E-state index is 15.4. The first-order valence-electron chi connectivity index (χ1n) is 19.1. The molecule has 23 heteroatoms. The summed E-state index contributed by atoms with van der Waals surface area (Å²) >= 11 is 0. The number of nitrogen functional groups attached to an aromatic ring is 2. The predicted octanol–water partition coefficient (Wildman–Crippen LogP) is 1.26. The van der Waals surface area contributed by atoms with Crippen molar-refractivity contribution < 1.29 is 55.6 Å². The molecule has 8 rings (SSSR count). The molecule has 2 saturated carbocycles. The molecule has 0 bridgehead atoms. The Kier molecular flexibility index (Phi) is 13.2. The van der Waals surface area contributed by atoms with Crippen molar-refractivity contribution in [1.82, 2.24) is 19.8 Å². The topological polar surface area (TPSA) is 225 Å². The van der Waals surface area contributed by atoms with Crippen LogP contribution in [0.1, 0.15) is 72.3 Å². The van der Waals surface area contributed by atoms with Gasteiger partial charge in [-0.3, -0.25) is 9.59 Å². The van der Waals surface area contributed by atoms with Gasteiger partial charge in [0.15, 0.2) is 23.1 Å². The quantitative estimate of drug-likeness (QED) is 0.100. The number of alkyl halides is 4. The van der Waals surface area contributed by atoms with Crippen molar-refractivity contribution >= 4 is 79.5 Å². The van der Waals surface area contributed by atoms with Crippen LogP contribution in [0.3, 0.4) is 0 Å². The number of anilines is 4. The summed E-state index contributed by atoms with van der Waals surface area (Å²) in [5.74, 6) is -6.74. The van der Waals surface area contributed by atoms with Crippen molar-refractivity contribution in [2.75, 3.05) is 60.5 Å². The van der Waals surface area contributed by atoms with Crippen molar-refractivity contribution in [2.24, 2.45) is 0 Å². The number of carbonyl (C=O) groups excluding carboxylic acids is 2. The number of halogens is 6. The number of fused-ring (bicyclic) bond motifs is 2. The number of nitrogens with zero attached hydrogens (tertiary/aromatic N) is 4. The van der Waals surface area contributed by atoms with Gasteiger partial charge in [-0.05, 0) is 39.5 Å². The number of nitrogens with two attached hydrogens (primary N) is 2. The first-order valence-corrected chi connectivity index (χ1v) is 19.1. The fraction of sp³-hybridized carbons (Fsp3) is 0.474. The van der Waals surface area contributed by atoms with Gasteiger partial charge in [0.2, 0.25) is 10.9 Å². The SMILES string of the molecule is CC1CN(c2c(F)c(N)c3c(=O)c(C(=O)[O-])cn(C4CC4)c3c2OC(F)F)CCN1.CC1CN(c2c(F)c(N)c3c(=O)c(C(=O)[O-])cn(C4CC4)c3c2OC(F)F)CCN1.[Mg+2]. The van der Waals surface area contributed by atoms with Crippen LogP contribution in [0.5, 0.6) is 11.5 Å². The number of ether oxygens (including phenoxy) is 2. The van der Waals surface area contributed by atoms with E-state index in [0.29, 0.717) is 65.0 Å². The van der Waals surface area contributed by atoms with Gasteiger partial charge in [-0.2, -0.15) is 17.6 Å². The Hall–Kier alpha value is -5.13. The number of carboxylic acids is 2. The molecule has 61 heavy (non-hydrogen) atoms. The van der Waals surface area contributed by atoms with Crippen LogP contribution in [0.15, 0.2) is 22.0 Å². The molecule has 0 radical (unpaired) electrons. The number of pyridine rings is 2. The van der Waals surface area contributed by atoms with Gasteiger partial charge in [-0.1, -0.05) is 0 Å². The van der Waals surface area contributed by atoms with Gasteiger partial charge < -0.3 is 70.3 Å². The van der Waals surface area contributed by atoms with Gasteiger partial charge in [-0.25, -0.2) is 8.78 Å². The Morgan fingerprint density at radius 3 is 1.33 bits per heavy atom. The average Bonchev–Trinajstić information content (AvgIpc) is 4.11. The molecule has 0 amide bonds. The van der Waals surface area contributed by atoms with E-state index in [4.69, 9.17) is 20.9 Å². The third-order valence-electron chi connectivity index (χ3n) is 10.9. The van der Waals surface area contributed by atoms with Crippen LogP contribution in [0.2, 0.25) is 0 Å². The van der Waals surface area contributed by atoms with E-state index in [1.807, 2.05) is 13.8 Å². The minimum absolute atomic E-state index is 0. The summed E-state index contributed by atoms with van der Waals surface area (Å²) in [6.07, 6.45) is 4.62. The number of hydrogen-bond acceptors (Lipinski definition) is 14. The number of nitrogens with one attached hydrogen (secondary N) is 2. The second-order valence-corrected chi connectivity index (χ2v) is 15.2. The van der Waals surface area contributed by atoms with Gasteiger partial charge in [0, 0.05) is 75.8 Å². The summed E-state index contributed by atoms with van der Waals surface area (Å²) < 4.78 is 96.5. The third kappa shape index (κ3) is 8.69. The van der Waals surface area contributed by atoms with E-state index in [-0.39, 0.29) is 69.6 Å². The largest absolute Gasteiger partial charge is 2.00 e. The van der Waals surface area contributed by atoms with Gasteiger partial charge in [0.1, 0.15) is 11.4 Å². The second-order valence-electron chi connectivity index (χ2n) is 15.2. The summed E-state index contributed by atoms with van der Waals surface area (Å²) in [6, 6.07) is -0.599. The number of aromatic carboxylic acids is 2. The Morgan fingerprint density at radius 2 is 1.05 bits per heavy atom. The smallest absolute Gasteiger partial charge is 0.545 e. The van der Waals surface area contributed by atoms with Crippen molar-refractivity contribution in [2.45, 2.75) is 76.9 Å². The summed E-state index contributed by atoms with van der Waals surface area (Å²) in [5.41, 5.74) is 6.25. The Bertz CT molecular complexity index is 2350. The average molecular weight is 875 g/mol. The number of carboxylic acid groups (broad SMARTS) is 2. The van der Waals surface area contributed by atoms with Crippen LogP contribution in [-0.2, 0) is 0 Å². The number of carbonyl (C=O) groups is 2. The fourth-order valence-corrected chi connectivity index (χ4v) is 7.94. The number of rotatable bonds is 10. The van der Waals surface area contributed by atoms with Crippen molar-refractivity contribution in [3.63, 3.8) is 0 Å².